The SMILES string of the molecule is CCc1nc2nc(C)oc2o1. The van der Waals surface area contributed by atoms with Crippen molar-refractivity contribution < 1.29 is 8.83 Å². The second-order valence-electron chi connectivity index (χ2n) is 2.31. The third-order valence-corrected chi connectivity index (χ3v) is 1.43. The van der Waals surface area contributed by atoms with Crippen molar-refractivity contribution in [1.82, 2.24) is 9.97 Å². The number of aryl methyl sites for hydroxylation is 2. The van der Waals surface area contributed by atoms with Crippen LogP contribution in [0.5, 0.6) is 0 Å². The number of hydrogen-bond donors (Lipinski definition) is 0. The van der Waals surface area contributed by atoms with Gasteiger partial charge in [-0.15, -0.1) is 0 Å². The number of oxazole rings is 2. The van der Waals surface area contributed by atoms with E-state index in [0.717, 1.165) is 6.42 Å². The van der Waals surface area contributed by atoms with Gasteiger partial charge in [-0.2, -0.15) is 9.97 Å². The molecule has 58 valence electrons. The lowest BCUT2D eigenvalue weighted by molar-refractivity contribution is 0.429. The molecular weight excluding hydrogens is 144 g/mol. The van der Waals surface area contributed by atoms with Crippen molar-refractivity contribution in [3.05, 3.63) is 11.8 Å². The number of hydrogen-bond acceptors (Lipinski definition) is 4. The van der Waals surface area contributed by atoms with Crippen molar-refractivity contribution in [2.24, 2.45) is 0 Å². The Balaban J connectivity index is 2.64. The van der Waals surface area contributed by atoms with Gasteiger partial charge in [0.1, 0.15) is 0 Å². The molecule has 0 unspecified atom stereocenters. The first-order valence-electron chi connectivity index (χ1n) is 3.52. The second-order valence-corrected chi connectivity index (χ2v) is 2.31. The molecule has 0 fully saturated rings. The van der Waals surface area contributed by atoms with E-state index in [9.17, 15) is 0 Å². The topological polar surface area (TPSA) is 52.1 Å². The predicted octanol–water partition coefficient (Wildman–Crippen LogP) is 1.69. The molecule has 0 aliphatic carbocycles. The van der Waals surface area contributed by atoms with Gasteiger partial charge in [0.2, 0.25) is 11.5 Å². The summed E-state index contributed by atoms with van der Waals surface area (Å²) in [4.78, 5) is 8.09. The third-order valence-electron chi connectivity index (χ3n) is 1.43. The van der Waals surface area contributed by atoms with Crippen LogP contribution in [0.2, 0.25) is 0 Å². The van der Waals surface area contributed by atoms with Crippen LogP contribution in [0, 0.1) is 6.92 Å². The molecule has 0 aromatic carbocycles. The van der Waals surface area contributed by atoms with Crippen molar-refractivity contribution in [2.75, 3.05) is 0 Å². The maximum absolute atomic E-state index is 5.20. The average Bonchev–Trinajstić information content (AvgIpc) is 2.43. The van der Waals surface area contributed by atoms with E-state index in [4.69, 9.17) is 8.83 Å². The van der Waals surface area contributed by atoms with Crippen LogP contribution >= 0.6 is 0 Å². The van der Waals surface area contributed by atoms with Crippen LogP contribution < -0.4 is 0 Å². The maximum Gasteiger partial charge on any atom is 0.339 e. The molecule has 0 amide bonds. The Labute approximate surface area is 63.2 Å². The Morgan fingerprint density at radius 2 is 2.09 bits per heavy atom. The zero-order chi connectivity index (χ0) is 7.84. The van der Waals surface area contributed by atoms with Crippen molar-refractivity contribution >= 4 is 11.4 Å². The minimum atomic E-state index is 0.430. The van der Waals surface area contributed by atoms with Crippen molar-refractivity contribution in [1.29, 1.82) is 0 Å². The van der Waals surface area contributed by atoms with Crippen LogP contribution in [0.4, 0.5) is 0 Å². The molecule has 4 heteroatoms. The molecule has 4 nitrogen and oxygen atoms in total. The first-order chi connectivity index (χ1) is 5.29. The predicted molar refractivity (Wildman–Crippen MR) is 38.2 cm³/mol. The first kappa shape index (κ1) is 6.39. The van der Waals surface area contributed by atoms with Crippen molar-refractivity contribution in [3.8, 4) is 0 Å². The van der Waals surface area contributed by atoms with Crippen LogP contribution in [0.3, 0.4) is 0 Å². The summed E-state index contributed by atoms with van der Waals surface area (Å²) in [7, 11) is 0. The van der Waals surface area contributed by atoms with Gasteiger partial charge in [0, 0.05) is 13.3 Å². The van der Waals surface area contributed by atoms with Crippen LogP contribution in [-0.4, -0.2) is 9.97 Å². The lowest BCUT2D eigenvalue weighted by Gasteiger charge is -1.80. The first-order valence-corrected chi connectivity index (χ1v) is 3.52. The molecule has 0 saturated heterocycles. The highest BCUT2D eigenvalue weighted by Crippen LogP contribution is 2.15. The van der Waals surface area contributed by atoms with E-state index in [2.05, 4.69) is 9.97 Å². The molecule has 2 heterocycles. The highest BCUT2D eigenvalue weighted by atomic mass is 16.5. The Kier molecular flexibility index (Phi) is 1.21. The van der Waals surface area contributed by atoms with E-state index in [0.29, 0.717) is 23.2 Å². The molecule has 0 atom stereocenters. The summed E-state index contributed by atoms with van der Waals surface area (Å²) in [6.07, 6.45) is 0.769. The quantitative estimate of drug-likeness (QED) is 0.623. The van der Waals surface area contributed by atoms with Gasteiger partial charge in [-0.3, -0.25) is 0 Å². The van der Waals surface area contributed by atoms with Crippen LogP contribution in [0.15, 0.2) is 8.83 Å². The van der Waals surface area contributed by atoms with E-state index >= 15 is 0 Å². The Morgan fingerprint density at radius 3 is 2.73 bits per heavy atom. The lowest BCUT2D eigenvalue weighted by Crippen LogP contribution is -1.77. The molecule has 2 rings (SSSR count). The number of nitrogens with zero attached hydrogens (tertiary/aromatic N) is 2. The zero-order valence-corrected chi connectivity index (χ0v) is 6.42. The van der Waals surface area contributed by atoms with Gasteiger partial charge in [0.15, 0.2) is 5.89 Å². The summed E-state index contributed by atoms with van der Waals surface area (Å²) in [5.74, 6) is 1.69. The summed E-state index contributed by atoms with van der Waals surface area (Å²) in [6, 6.07) is 0. The molecule has 0 aliphatic heterocycles. The van der Waals surface area contributed by atoms with Gasteiger partial charge in [-0.1, -0.05) is 6.92 Å². The van der Waals surface area contributed by atoms with E-state index in [1.807, 2.05) is 6.92 Å². The molecule has 0 radical (unpaired) electrons. The molecule has 2 aromatic rings. The van der Waals surface area contributed by atoms with E-state index in [1.54, 1.807) is 6.92 Å². The fourth-order valence-electron chi connectivity index (χ4n) is 0.934. The molecule has 0 saturated carbocycles. The summed E-state index contributed by atoms with van der Waals surface area (Å²) in [5, 5.41) is 0. The second kappa shape index (κ2) is 2.08. The van der Waals surface area contributed by atoms with Crippen molar-refractivity contribution in [2.45, 2.75) is 20.3 Å². The van der Waals surface area contributed by atoms with Gasteiger partial charge in [0.05, 0.1) is 0 Å². The standard InChI is InChI=1S/C7H8N2O2/c1-3-5-9-6-7(11-5)10-4(2)8-6/h3H2,1-2H3. The molecule has 0 N–H and O–H groups in total. The van der Waals surface area contributed by atoms with E-state index in [-0.39, 0.29) is 0 Å². The minimum Gasteiger partial charge on any atom is -0.408 e. The normalized spacial score (nSPS) is 11.1. The molecular formula is C7H8N2O2. The molecule has 11 heavy (non-hydrogen) atoms. The molecule has 2 aromatic heterocycles. The molecule has 0 aliphatic rings. The van der Waals surface area contributed by atoms with Gasteiger partial charge >= 0.3 is 5.78 Å². The monoisotopic (exact) mass is 152 g/mol. The third kappa shape index (κ3) is 0.906. The number of fused-ring (bicyclic) bond motifs is 1. The lowest BCUT2D eigenvalue weighted by atomic mass is 10.5. The highest BCUT2D eigenvalue weighted by Gasteiger charge is 2.09. The smallest absolute Gasteiger partial charge is 0.339 e. The fourth-order valence-corrected chi connectivity index (χ4v) is 0.934. The van der Waals surface area contributed by atoms with E-state index in [1.165, 1.54) is 0 Å². The summed E-state index contributed by atoms with van der Waals surface area (Å²) >= 11 is 0. The summed E-state index contributed by atoms with van der Waals surface area (Å²) < 4.78 is 10.3. The number of aromatic nitrogens is 2. The molecule has 0 bridgehead atoms. The van der Waals surface area contributed by atoms with Crippen LogP contribution in [0.1, 0.15) is 18.7 Å². The summed E-state index contributed by atoms with van der Waals surface area (Å²) in [5.41, 5.74) is 0.569. The maximum atomic E-state index is 5.20. The van der Waals surface area contributed by atoms with E-state index < -0.39 is 0 Å². The Morgan fingerprint density at radius 1 is 1.27 bits per heavy atom. The van der Waals surface area contributed by atoms with Gasteiger partial charge in [-0.25, -0.2) is 0 Å². The van der Waals surface area contributed by atoms with Gasteiger partial charge < -0.3 is 8.83 Å². The summed E-state index contributed by atoms with van der Waals surface area (Å²) in [6.45, 7) is 3.74. The van der Waals surface area contributed by atoms with Crippen LogP contribution in [-0.2, 0) is 6.42 Å². The fraction of sp³-hybridized carbons (Fsp3) is 0.429. The minimum absolute atomic E-state index is 0.430. The Hall–Kier alpha value is -1.32. The zero-order valence-electron chi connectivity index (χ0n) is 6.42. The van der Waals surface area contributed by atoms with Crippen LogP contribution in [0.25, 0.3) is 11.4 Å². The Bertz CT molecular complexity index is 343. The molecule has 0 spiro atoms. The van der Waals surface area contributed by atoms with Gasteiger partial charge in [-0.05, 0) is 0 Å². The largest absolute Gasteiger partial charge is 0.408 e. The van der Waals surface area contributed by atoms with Gasteiger partial charge in [0.25, 0.3) is 0 Å². The highest BCUT2D eigenvalue weighted by molar-refractivity contribution is 5.60. The van der Waals surface area contributed by atoms with Crippen molar-refractivity contribution in [3.63, 3.8) is 0 Å². The number of rotatable bonds is 1. The average molecular weight is 152 g/mol.